The first-order valence-electron chi connectivity index (χ1n) is 8.56. The molecule has 0 aliphatic heterocycles. The Bertz CT molecular complexity index is 982. The number of benzene rings is 1. The van der Waals surface area contributed by atoms with Crippen LogP contribution in [0, 0.1) is 5.82 Å². The van der Waals surface area contributed by atoms with Crippen molar-refractivity contribution >= 4 is 39.8 Å². The second-order valence-corrected chi connectivity index (χ2v) is 8.17. The van der Waals surface area contributed by atoms with Gasteiger partial charge in [-0.2, -0.15) is 0 Å². The van der Waals surface area contributed by atoms with Crippen LogP contribution in [0.4, 0.5) is 15.2 Å². The Kier molecular flexibility index (Phi) is 4.96. The molecule has 1 aromatic carbocycles. The van der Waals surface area contributed by atoms with Gasteiger partial charge in [0.2, 0.25) is 5.91 Å². The first-order valence-corrected chi connectivity index (χ1v) is 10.4. The van der Waals surface area contributed by atoms with Gasteiger partial charge in [0.1, 0.15) is 11.6 Å². The maximum Gasteiger partial charge on any atom is 0.230 e. The van der Waals surface area contributed by atoms with E-state index in [4.69, 9.17) is 0 Å². The van der Waals surface area contributed by atoms with Gasteiger partial charge in [0.15, 0.2) is 10.3 Å². The monoisotopic (exact) mass is 403 g/mol. The normalized spacial score (nSPS) is 13.7. The summed E-state index contributed by atoms with van der Waals surface area (Å²) >= 11 is 2.87. The van der Waals surface area contributed by atoms with Gasteiger partial charge in [-0.1, -0.05) is 23.9 Å². The molecule has 140 valence electrons. The molecule has 1 fully saturated rings. The Hall–Kier alpha value is -2.26. The van der Waals surface area contributed by atoms with E-state index < -0.39 is 5.82 Å². The van der Waals surface area contributed by atoms with E-state index in [9.17, 15) is 9.18 Å². The van der Waals surface area contributed by atoms with Gasteiger partial charge >= 0.3 is 0 Å². The fourth-order valence-electron chi connectivity index (χ4n) is 2.79. The van der Waals surface area contributed by atoms with Crippen molar-refractivity contribution in [1.29, 1.82) is 0 Å². The van der Waals surface area contributed by atoms with Crippen molar-refractivity contribution in [3.05, 3.63) is 47.0 Å². The number of halogens is 1. The Morgan fingerprint density at radius 2 is 2.15 bits per heavy atom. The molecular formula is C18H18FN5OS2. The molecule has 0 spiro atoms. The molecule has 0 bridgehead atoms. The van der Waals surface area contributed by atoms with Gasteiger partial charge < -0.3 is 4.57 Å². The van der Waals surface area contributed by atoms with Gasteiger partial charge in [0.25, 0.3) is 0 Å². The van der Waals surface area contributed by atoms with Crippen LogP contribution in [0.5, 0.6) is 0 Å². The summed E-state index contributed by atoms with van der Waals surface area (Å²) in [6, 6.07) is 6.20. The molecular weight excluding hydrogens is 385 g/mol. The number of carbonyl (C=O) groups excluding carboxylic acids is 1. The van der Waals surface area contributed by atoms with Crippen LogP contribution < -0.4 is 4.90 Å². The zero-order chi connectivity index (χ0) is 19.0. The van der Waals surface area contributed by atoms with Crippen molar-refractivity contribution in [2.75, 3.05) is 4.90 Å². The van der Waals surface area contributed by atoms with Crippen LogP contribution in [0.15, 0.2) is 34.8 Å². The highest BCUT2D eigenvalue weighted by molar-refractivity contribution is 7.98. The molecule has 27 heavy (non-hydrogen) atoms. The highest BCUT2D eigenvalue weighted by Gasteiger charge is 2.29. The third-order valence-electron chi connectivity index (χ3n) is 4.30. The van der Waals surface area contributed by atoms with Crippen LogP contribution in [-0.4, -0.2) is 25.7 Å². The van der Waals surface area contributed by atoms with E-state index in [1.54, 1.807) is 30.0 Å². The van der Waals surface area contributed by atoms with Crippen LogP contribution in [-0.2, 0) is 17.6 Å². The SMILES string of the molecule is CC(=O)N(c1nc(CSc2nnc(C3CC3)n2C)cs1)c1ccccc1F. The topological polar surface area (TPSA) is 63.9 Å². The molecule has 0 atom stereocenters. The molecule has 6 nitrogen and oxygen atoms in total. The maximum atomic E-state index is 14.1. The van der Waals surface area contributed by atoms with E-state index in [0.717, 1.165) is 16.7 Å². The van der Waals surface area contributed by atoms with Crippen LogP contribution >= 0.6 is 23.1 Å². The number of amides is 1. The van der Waals surface area contributed by atoms with Crippen LogP contribution in [0.2, 0.25) is 0 Å². The summed E-state index contributed by atoms with van der Waals surface area (Å²) in [5.41, 5.74) is 1.03. The van der Waals surface area contributed by atoms with Crippen molar-refractivity contribution in [1.82, 2.24) is 19.7 Å². The molecule has 1 amide bonds. The molecule has 4 rings (SSSR count). The third-order valence-corrected chi connectivity index (χ3v) is 6.23. The Balaban J connectivity index is 1.50. The summed E-state index contributed by atoms with van der Waals surface area (Å²) in [7, 11) is 1.98. The summed E-state index contributed by atoms with van der Waals surface area (Å²) in [6.07, 6.45) is 2.37. The summed E-state index contributed by atoms with van der Waals surface area (Å²) < 4.78 is 16.2. The Morgan fingerprint density at radius 3 is 2.85 bits per heavy atom. The lowest BCUT2D eigenvalue weighted by molar-refractivity contribution is -0.115. The van der Waals surface area contributed by atoms with Crippen molar-refractivity contribution in [2.45, 2.75) is 36.6 Å². The third kappa shape index (κ3) is 3.74. The molecule has 3 aromatic rings. The first kappa shape index (κ1) is 18.1. The average molecular weight is 404 g/mol. The van der Waals surface area contributed by atoms with Crippen molar-refractivity contribution in [3.63, 3.8) is 0 Å². The predicted octanol–water partition coefficient (Wildman–Crippen LogP) is 4.27. The Morgan fingerprint density at radius 1 is 1.37 bits per heavy atom. The van der Waals surface area contributed by atoms with Gasteiger partial charge in [-0.15, -0.1) is 21.5 Å². The molecule has 0 saturated heterocycles. The van der Waals surface area contributed by atoms with Gasteiger partial charge in [0.05, 0.1) is 11.4 Å². The highest BCUT2D eigenvalue weighted by atomic mass is 32.2. The molecule has 2 heterocycles. The highest BCUT2D eigenvalue weighted by Crippen LogP contribution is 2.40. The van der Waals surface area contributed by atoms with E-state index >= 15 is 0 Å². The fourth-order valence-corrected chi connectivity index (χ4v) is 4.59. The number of rotatable bonds is 6. The number of hydrogen-bond acceptors (Lipinski definition) is 6. The van der Waals surface area contributed by atoms with E-state index in [1.165, 1.54) is 42.1 Å². The summed E-state index contributed by atoms with van der Waals surface area (Å²) in [5, 5.41) is 11.7. The smallest absolute Gasteiger partial charge is 0.230 e. The standard InChI is InChI=1S/C18H18FN5OS2/c1-11(25)24(15-6-4-3-5-14(15)19)17-20-13(9-26-17)10-27-18-22-21-16(23(18)2)12-7-8-12/h3-6,9,12H,7-8,10H2,1-2H3. The summed E-state index contributed by atoms with van der Waals surface area (Å²) in [4.78, 5) is 17.9. The lowest BCUT2D eigenvalue weighted by Gasteiger charge is -2.18. The van der Waals surface area contributed by atoms with E-state index in [2.05, 4.69) is 15.2 Å². The molecule has 0 radical (unpaired) electrons. The molecule has 1 aliphatic rings. The van der Waals surface area contributed by atoms with E-state index in [1.807, 2.05) is 17.0 Å². The molecule has 0 N–H and O–H groups in total. The van der Waals surface area contributed by atoms with Gasteiger partial charge in [-0.3, -0.25) is 9.69 Å². The average Bonchev–Trinajstić information content (AvgIpc) is 3.27. The minimum atomic E-state index is -0.453. The molecule has 0 unspecified atom stereocenters. The minimum absolute atomic E-state index is 0.209. The minimum Gasteiger partial charge on any atom is -0.309 e. The predicted molar refractivity (Wildman–Crippen MR) is 104 cm³/mol. The number of thioether (sulfide) groups is 1. The van der Waals surface area contributed by atoms with Gasteiger partial charge in [-0.25, -0.2) is 9.37 Å². The van der Waals surface area contributed by atoms with Crippen LogP contribution in [0.3, 0.4) is 0 Å². The van der Waals surface area contributed by atoms with E-state index in [0.29, 0.717) is 16.8 Å². The lowest BCUT2D eigenvalue weighted by Crippen LogP contribution is -2.23. The quantitative estimate of drug-likeness (QED) is 0.575. The zero-order valence-electron chi connectivity index (χ0n) is 14.9. The van der Waals surface area contributed by atoms with Crippen molar-refractivity contribution in [2.24, 2.45) is 7.05 Å². The van der Waals surface area contributed by atoms with Gasteiger partial charge in [0, 0.05) is 31.0 Å². The van der Waals surface area contributed by atoms with Crippen molar-refractivity contribution in [3.8, 4) is 0 Å². The largest absolute Gasteiger partial charge is 0.309 e. The van der Waals surface area contributed by atoms with Crippen LogP contribution in [0.25, 0.3) is 0 Å². The number of carbonyl (C=O) groups is 1. The number of thiazole rings is 1. The Labute approximate surface area is 164 Å². The maximum absolute atomic E-state index is 14.1. The molecule has 2 aromatic heterocycles. The number of nitrogens with zero attached hydrogens (tertiary/aromatic N) is 5. The first-order chi connectivity index (χ1) is 13.0. The van der Waals surface area contributed by atoms with Crippen molar-refractivity contribution < 1.29 is 9.18 Å². The molecule has 9 heteroatoms. The number of anilines is 2. The fraction of sp³-hybridized carbons (Fsp3) is 0.333. The zero-order valence-corrected chi connectivity index (χ0v) is 16.6. The second-order valence-electron chi connectivity index (χ2n) is 6.39. The van der Waals surface area contributed by atoms with Crippen LogP contribution in [0.1, 0.15) is 37.2 Å². The number of hydrogen-bond donors (Lipinski definition) is 0. The molecule has 1 saturated carbocycles. The van der Waals surface area contributed by atoms with E-state index in [-0.39, 0.29) is 11.6 Å². The van der Waals surface area contributed by atoms with Gasteiger partial charge in [-0.05, 0) is 25.0 Å². The summed E-state index contributed by atoms with van der Waals surface area (Å²) in [6.45, 7) is 1.40. The lowest BCUT2D eigenvalue weighted by atomic mass is 10.3. The second kappa shape index (κ2) is 7.40. The molecule has 1 aliphatic carbocycles. The number of para-hydroxylation sites is 1. The number of aromatic nitrogens is 4. The summed E-state index contributed by atoms with van der Waals surface area (Å²) in [5.74, 6) is 1.46.